The topological polar surface area (TPSA) is 37.4 Å². The minimum Gasteiger partial charge on any atom is -0.206 e. The van der Waals surface area contributed by atoms with Crippen LogP contribution in [0.15, 0.2) is 14.1 Å². The Hall–Kier alpha value is 0.380. The zero-order valence-electron chi connectivity index (χ0n) is 11.7. The average molecular weight is 413 g/mol. The van der Waals surface area contributed by atoms with Crippen molar-refractivity contribution < 1.29 is 8.42 Å². The van der Waals surface area contributed by atoms with E-state index in [0.717, 1.165) is 25.7 Å². The summed E-state index contributed by atoms with van der Waals surface area (Å²) in [4.78, 5) is 0. The van der Waals surface area contributed by atoms with Gasteiger partial charge in [0.05, 0.1) is 8.81 Å². The molecule has 2 aliphatic rings. The summed E-state index contributed by atoms with van der Waals surface area (Å²) >= 11 is 10.5. The van der Waals surface area contributed by atoms with Gasteiger partial charge in [-0.3, -0.25) is 0 Å². The zero-order chi connectivity index (χ0) is 15.0. The number of rotatable bonds is 5. The van der Waals surface area contributed by atoms with Gasteiger partial charge in [0.2, 0.25) is 0 Å². The van der Waals surface area contributed by atoms with Gasteiger partial charge in [0.1, 0.15) is 4.21 Å². The van der Waals surface area contributed by atoms with Crippen LogP contribution in [0.3, 0.4) is 0 Å². The Morgan fingerprint density at radius 2 is 1.90 bits per heavy atom. The molecule has 1 aromatic heterocycles. The van der Waals surface area contributed by atoms with Crippen molar-refractivity contribution >= 4 is 48.9 Å². The van der Waals surface area contributed by atoms with Crippen LogP contribution in [0.1, 0.15) is 44.9 Å². The fourth-order valence-corrected chi connectivity index (χ4v) is 7.29. The SMILES string of the molecule is O=S(=O)(c1cc(Cl)c(Br)s1)N(CC1CCCCC1)C1CC1. The fraction of sp³-hybridized carbons (Fsp3) is 0.714. The quantitative estimate of drug-likeness (QED) is 0.690. The van der Waals surface area contributed by atoms with Gasteiger partial charge < -0.3 is 0 Å². The molecule has 0 atom stereocenters. The number of nitrogens with zero attached hydrogens (tertiary/aromatic N) is 1. The van der Waals surface area contributed by atoms with Crippen LogP contribution in [0.4, 0.5) is 0 Å². The first-order valence-corrected chi connectivity index (χ1v) is 10.9. The van der Waals surface area contributed by atoms with Gasteiger partial charge >= 0.3 is 0 Å². The molecule has 21 heavy (non-hydrogen) atoms. The monoisotopic (exact) mass is 411 g/mol. The average Bonchev–Trinajstić information content (AvgIpc) is 3.23. The molecule has 2 saturated carbocycles. The van der Waals surface area contributed by atoms with Gasteiger partial charge in [-0.25, -0.2) is 8.42 Å². The first-order chi connectivity index (χ1) is 9.98. The lowest BCUT2D eigenvalue weighted by atomic mass is 9.89. The number of hydrogen-bond acceptors (Lipinski definition) is 3. The molecule has 2 fully saturated rings. The molecule has 0 N–H and O–H groups in total. The van der Waals surface area contributed by atoms with E-state index in [2.05, 4.69) is 15.9 Å². The largest absolute Gasteiger partial charge is 0.252 e. The van der Waals surface area contributed by atoms with Crippen molar-refractivity contribution in [3.63, 3.8) is 0 Å². The van der Waals surface area contributed by atoms with Crippen molar-refractivity contribution in [2.45, 2.75) is 55.2 Å². The summed E-state index contributed by atoms with van der Waals surface area (Å²) in [5.41, 5.74) is 0. The van der Waals surface area contributed by atoms with Crippen molar-refractivity contribution in [1.29, 1.82) is 0 Å². The first-order valence-electron chi connectivity index (χ1n) is 7.45. The second kappa shape index (κ2) is 6.48. The molecule has 0 unspecified atom stereocenters. The van der Waals surface area contributed by atoms with E-state index in [1.807, 2.05) is 0 Å². The standard InChI is InChI=1S/C14H19BrClNO2S2/c15-14-12(16)8-13(20-14)21(18,19)17(11-6-7-11)9-10-4-2-1-3-5-10/h8,10-11H,1-7,9H2. The number of hydrogen-bond donors (Lipinski definition) is 0. The molecule has 0 saturated heterocycles. The Bertz CT molecular complexity index is 587. The summed E-state index contributed by atoms with van der Waals surface area (Å²) in [5.74, 6) is 0.521. The summed E-state index contributed by atoms with van der Waals surface area (Å²) in [6.07, 6.45) is 8.07. The molecular formula is C14H19BrClNO2S2. The summed E-state index contributed by atoms with van der Waals surface area (Å²) < 4.78 is 28.6. The second-order valence-electron chi connectivity index (χ2n) is 6.00. The smallest absolute Gasteiger partial charge is 0.206 e. The number of halogens is 2. The van der Waals surface area contributed by atoms with Crippen molar-refractivity contribution in [2.75, 3.05) is 6.54 Å². The summed E-state index contributed by atoms with van der Waals surface area (Å²) in [6, 6.07) is 1.78. The van der Waals surface area contributed by atoms with E-state index in [-0.39, 0.29) is 6.04 Å². The molecule has 0 spiro atoms. The summed E-state index contributed by atoms with van der Waals surface area (Å²) in [5, 5.41) is 0.479. The lowest BCUT2D eigenvalue weighted by molar-refractivity contribution is 0.275. The van der Waals surface area contributed by atoms with Crippen LogP contribution in [0.2, 0.25) is 5.02 Å². The van der Waals surface area contributed by atoms with E-state index in [4.69, 9.17) is 11.6 Å². The van der Waals surface area contributed by atoms with Crippen LogP contribution in [-0.4, -0.2) is 25.3 Å². The molecule has 0 bridgehead atoms. The van der Waals surface area contributed by atoms with E-state index >= 15 is 0 Å². The van der Waals surface area contributed by atoms with Gasteiger partial charge in [0.15, 0.2) is 0 Å². The van der Waals surface area contributed by atoms with Gasteiger partial charge in [0.25, 0.3) is 10.0 Å². The van der Waals surface area contributed by atoms with Crippen LogP contribution >= 0.6 is 38.9 Å². The summed E-state index contributed by atoms with van der Waals surface area (Å²) in [7, 11) is -3.40. The third-order valence-corrected chi connectivity index (χ3v) is 9.14. The van der Waals surface area contributed by atoms with Crippen molar-refractivity contribution in [2.24, 2.45) is 5.92 Å². The highest BCUT2D eigenvalue weighted by molar-refractivity contribution is 9.11. The molecule has 1 aromatic rings. The Kier molecular flexibility index (Phi) is 5.01. The Balaban J connectivity index is 1.82. The molecule has 0 aromatic carbocycles. The van der Waals surface area contributed by atoms with Crippen LogP contribution in [0.5, 0.6) is 0 Å². The second-order valence-corrected chi connectivity index (χ2v) is 10.9. The molecule has 3 rings (SSSR count). The van der Waals surface area contributed by atoms with Crippen molar-refractivity contribution in [1.82, 2.24) is 4.31 Å². The van der Waals surface area contributed by atoms with E-state index < -0.39 is 10.0 Å². The minimum absolute atomic E-state index is 0.205. The van der Waals surface area contributed by atoms with Crippen molar-refractivity contribution in [3.05, 3.63) is 14.9 Å². The fourth-order valence-electron chi connectivity index (χ4n) is 3.00. The molecule has 118 valence electrons. The molecular weight excluding hydrogens is 394 g/mol. The van der Waals surface area contributed by atoms with Crippen molar-refractivity contribution in [3.8, 4) is 0 Å². The third-order valence-electron chi connectivity index (χ3n) is 4.30. The maximum atomic E-state index is 12.9. The Labute approximate surface area is 143 Å². The molecule has 0 aliphatic heterocycles. The molecule has 0 radical (unpaired) electrons. The number of thiophene rings is 1. The lowest BCUT2D eigenvalue weighted by Gasteiger charge is -2.28. The molecule has 3 nitrogen and oxygen atoms in total. The lowest BCUT2D eigenvalue weighted by Crippen LogP contribution is -2.37. The highest BCUT2D eigenvalue weighted by Gasteiger charge is 2.40. The van der Waals surface area contributed by atoms with Gasteiger partial charge in [-0.1, -0.05) is 30.9 Å². The van der Waals surface area contributed by atoms with E-state index in [9.17, 15) is 8.42 Å². The van der Waals surface area contributed by atoms with Gasteiger partial charge in [-0.05, 0) is 53.6 Å². The van der Waals surface area contributed by atoms with Gasteiger partial charge in [0, 0.05) is 12.6 Å². The third kappa shape index (κ3) is 3.66. The molecule has 2 aliphatic carbocycles. The Morgan fingerprint density at radius 1 is 1.24 bits per heavy atom. The maximum absolute atomic E-state index is 12.9. The van der Waals surface area contributed by atoms with Crippen LogP contribution < -0.4 is 0 Å². The van der Waals surface area contributed by atoms with E-state index in [0.29, 0.717) is 25.5 Å². The summed E-state index contributed by atoms with van der Waals surface area (Å²) in [6.45, 7) is 0.681. The highest BCUT2D eigenvalue weighted by Crippen LogP contribution is 2.40. The van der Waals surface area contributed by atoms with Crippen LogP contribution in [-0.2, 0) is 10.0 Å². The first kappa shape index (κ1) is 16.2. The minimum atomic E-state index is -3.40. The van der Waals surface area contributed by atoms with Crippen LogP contribution in [0.25, 0.3) is 0 Å². The van der Waals surface area contributed by atoms with E-state index in [1.165, 1.54) is 30.6 Å². The molecule has 0 amide bonds. The normalized spacial score (nSPS) is 21.1. The molecule has 1 heterocycles. The molecule has 7 heteroatoms. The predicted molar refractivity (Wildman–Crippen MR) is 90.5 cm³/mol. The van der Waals surface area contributed by atoms with Gasteiger partial charge in [-0.15, -0.1) is 11.3 Å². The number of sulfonamides is 1. The van der Waals surface area contributed by atoms with Crippen LogP contribution in [0, 0.1) is 5.92 Å². The maximum Gasteiger partial charge on any atom is 0.252 e. The Morgan fingerprint density at radius 3 is 2.43 bits per heavy atom. The highest BCUT2D eigenvalue weighted by atomic mass is 79.9. The van der Waals surface area contributed by atoms with Gasteiger partial charge in [-0.2, -0.15) is 4.31 Å². The predicted octanol–water partition coefficient (Wildman–Crippen LogP) is 4.90. The zero-order valence-corrected chi connectivity index (χ0v) is 15.7. The van der Waals surface area contributed by atoms with E-state index in [1.54, 1.807) is 10.4 Å².